The molecule has 3 N–H and O–H groups in total. The molecule has 1 rings (SSSR count). The van der Waals surface area contributed by atoms with Crippen LogP contribution in [0.15, 0.2) is 24.3 Å². The summed E-state index contributed by atoms with van der Waals surface area (Å²) in [6.07, 6.45) is 1.37. The van der Waals surface area contributed by atoms with E-state index < -0.39 is 0 Å². The molecule has 0 amide bonds. The number of carbonyl (C=O) groups is 1. The smallest absolute Gasteiger partial charge is 0.308 e. The van der Waals surface area contributed by atoms with Crippen molar-refractivity contribution in [2.75, 3.05) is 6.61 Å². The molecule has 88 valence electrons. The summed E-state index contributed by atoms with van der Waals surface area (Å²) in [5, 5.41) is 8.71. The summed E-state index contributed by atoms with van der Waals surface area (Å²) in [5.41, 5.74) is 6.84. The van der Waals surface area contributed by atoms with E-state index in [0.717, 1.165) is 5.56 Å². The molecular formula is C12H17NO3. The Morgan fingerprint density at radius 3 is 2.94 bits per heavy atom. The molecule has 0 aliphatic heterocycles. The third-order valence-electron chi connectivity index (χ3n) is 2.22. The van der Waals surface area contributed by atoms with E-state index in [4.69, 9.17) is 15.6 Å². The number of aliphatic hydroxyl groups excluding tert-OH is 1. The number of rotatable bonds is 5. The van der Waals surface area contributed by atoms with E-state index in [0.29, 0.717) is 18.6 Å². The zero-order valence-corrected chi connectivity index (χ0v) is 9.35. The van der Waals surface area contributed by atoms with Crippen LogP contribution in [0.25, 0.3) is 0 Å². The first-order valence-electron chi connectivity index (χ1n) is 5.28. The van der Waals surface area contributed by atoms with Crippen LogP contribution in [0.3, 0.4) is 0 Å². The molecule has 0 saturated carbocycles. The van der Waals surface area contributed by atoms with E-state index in [1.54, 1.807) is 18.2 Å². The molecule has 0 saturated heterocycles. The Morgan fingerprint density at radius 1 is 1.56 bits per heavy atom. The van der Waals surface area contributed by atoms with Gasteiger partial charge >= 0.3 is 5.97 Å². The van der Waals surface area contributed by atoms with Crippen molar-refractivity contribution in [3.8, 4) is 5.75 Å². The van der Waals surface area contributed by atoms with E-state index in [9.17, 15) is 4.79 Å². The van der Waals surface area contributed by atoms with Crippen molar-refractivity contribution in [2.45, 2.75) is 25.8 Å². The normalized spacial score (nSPS) is 12.2. The van der Waals surface area contributed by atoms with E-state index in [-0.39, 0.29) is 18.6 Å². The second kappa shape index (κ2) is 6.25. The molecule has 0 bridgehead atoms. The SMILES string of the molecule is CC(=O)Oc1cccc([C@H](N)CCCO)c1. The lowest BCUT2D eigenvalue weighted by Crippen LogP contribution is -2.11. The van der Waals surface area contributed by atoms with Gasteiger partial charge in [0.05, 0.1) is 0 Å². The van der Waals surface area contributed by atoms with Gasteiger partial charge in [-0.3, -0.25) is 4.79 Å². The molecule has 0 fully saturated rings. The van der Waals surface area contributed by atoms with Gasteiger partial charge < -0.3 is 15.6 Å². The van der Waals surface area contributed by atoms with Crippen LogP contribution in [0.2, 0.25) is 0 Å². The fourth-order valence-electron chi connectivity index (χ4n) is 1.45. The number of hydrogen-bond acceptors (Lipinski definition) is 4. The maximum Gasteiger partial charge on any atom is 0.308 e. The van der Waals surface area contributed by atoms with Crippen LogP contribution in [-0.2, 0) is 4.79 Å². The highest BCUT2D eigenvalue weighted by molar-refractivity contribution is 5.69. The highest BCUT2D eigenvalue weighted by atomic mass is 16.5. The molecule has 0 spiro atoms. The summed E-state index contributed by atoms with van der Waals surface area (Å²) < 4.78 is 4.97. The molecule has 0 aliphatic rings. The molecule has 16 heavy (non-hydrogen) atoms. The third kappa shape index (κ3) is 4.00. The van der Waals surface area contributed by atoms with Gasteiger partial charge in [-0.15, -0.1) is 0 Å². The number of nitrogens with two attached hydrogens (primary N) is 1. The second-order valence-electron chi connectivity index (χ2n) is 3.64. The maximum absolute atomic E-state index is 10.8. The predicted octanol–water partition coefficient (Wildman–Crippen LogP) is 1.38. The van der Waals surface area contributed by atoms with Gasteiger partial charge in [-0.05, 0) is 30.5 Å². The van der Waals surface area contributed by atoms with Gasteiger partial charge in [0.2, 0.25) is 0 Å². The lowest BCUT2D eigenvalue weighted by atomic mass is 10.0. The van der Waals surface area contributed by atoms with Crippen molar-refractivity contribution in [2.24, 2.45) is 5.73 Å². The van der Waals surface area contributed by atoms with Crippen LogP contribution in [0.4, 0.5) is 0 Å². The molecule has 1 atom stereocenters. The minimum Gasteiger partial charge on any atom is -0.427 e. The number of aliphatic hydroxyl groups is 1. The van der Waals surface area contributed by atoms with Crippen LogP contribution < -0.4 is 10.5 Å². The maximum atomic E-state index is 10.8. The lowest BCUT2D eigenvalue weighted by molar-refractivity contribution is -0.131. The highest BCUT2D eigenvalue weighted by Gasteiger charge is 2.07. The van der Waals surface area contributed by atoms with E-state index in [2.05, 4.69) is 0 Å². The number of carbonyl (C=O) groups excluding carboxylic acids is 1. The summed E-state index contributed by atoms with van der Waals surface area (Å²) in [4.78, 5) is 10.8. The minimum absolute atomic E-state index is 0.136. The number of esters is 1. The van der Waals surface area contributed by atoms with Crippen molar-refractivity contribution in [1.82, 2.24) is 0 Å². The number of benzene rings is 1. The average molecular weight is 223 g/mol. The lowest BCUT2D eigenvalue weighted by Gasteiger charge is -2.12. The zero-order valence-electron chi connectivity index (χ0n) is 9.35. The largest absolute Gasteiger partial charge is 0.427 e. The molecule has 4 heteroatoms. The Bertz CT molecular complexity index is 352. The molecule has 1 aromatic rings. The fraction of sp³-hybridized carbons (Fsp3) is 0.417. The monoisotopic (exact) mass is 223 g/mol. The third-order valence-corrected chi connectivity index (χ3v) is 2.22. The van der Waals surface area contributed by atoms with Gasteiger partial charge in [0, 0.05) is 19.6 Å². The van der Waals surface area contributed by atoms with Gasteiger partial charge in [0.25, 0.3) is 0 Å². The van der Waals surface area contributed by atoms with Gasteiger partial charge in [0.15, 0.2) is 0 Å². The molecule has 1 aromatic carbocycles. The van der Waals surface area contributed by atoms with Gasteiger partial charge in [-0.1, -0.05) is 12.1 Å². The van der Waals surface area contributed by atoms with Crippen molar-refractivity contribution in [1.29, 1.82) is 0 Å². The molecule has 0 aliphatic carbocycles. The Labute approximate surface area is 95.0 Å². The van der Waals surface area contributed by atoms with Crippen molar-refractivity contribution >= 4 is 5.97 Å². The summed E-state index contributed by atoms with van der Waals surface area (Å²) in [6.45, 7) is 1.50. The standard InChI is InChI=1S/C12H17NO3/c1-9(15)16-11-5-2-4-10(8-11)12(13)6-3-7-14/h2,4-5,8,12,14H,3,6-7,13H2,1H3/t12-/m1/s1. The second-order valence-corrected chi connectivity index (χ2v) is 3.64. The first kappa shape index (κ1) is 12.7. The highest BCUT2D eigenvalue weighted by Crippen LogP contribution is 2.20. The van der Waals surface area contributed by atoms with Crippen LogP contribution >= 0.6 is 0 Å². The number of hydrogen-bond donors (Lipinski definition) is 2. The van der Waals surface area contributed by atoms with Gasteiger partial charge in [0.1, 0.15) is 5.75 Å². The Morgan fingerprint density at radius 2 is 2.31 bits per heavy atom. The van der Waals surface area contributed by atoms with E-state index >= 15 is 0 Å². The molecule has 0 heterocycles. The summed E-state index contributed by atoms with van der Waals surface area (Å²) >= 11 is 0. The zero-order chi connectivity index (χ0) is 12.0. The summed E-state index contributed by atoms with van der Waals surface area (Å²) in [5.74, 6) is 0.158. The molecule has 0 unspecified atom stereocenters. The van der Waals surface area contributed by atoms with E-state index in [1.807, 2.05) is 6.07 Å². The summed E-state index contributed by atoms with van der Waals surface area (Å²) in [7, 11) is 0. The quantitative estimate of drug-likeness (QED) is 0.584. The minimum atomic E-state index is -0.346. The van der Waals surface area contributed by atoms with Crippen LogP contribution in [-0.4, -0.2) is 17.7 Å². The van der Waals surface area contributed by atoms with Crippen molar-refractivity contribution in [3.63, 3.8) is 0 Å². The van der Waals surface area contributed by atoms with Gasteiger partial charge in [-0.25, -0.2) is 0 Å². The molecule has 0 radical (unpaired) electrons. The summed E-state index contributed by atoms with van der Waals surface area (Å²) in [6, 6.07) is 7.01. The molecule has 4 nitrogen and oxygen atoms in total. The first-order chi connectivity index (χ1) is 7.63. The molecular weight excluding hydrogens is 206 g/mol. The Kier molecular flexibility index (Phi) is 4.95. The van der Waals surface area contributed by atoms with Crippen molar-refractivity contribution in [3.05, 3.63) is 29.8 Å². The van der Waals surface area contributed by atoms with E-state index in [1.165, 1.54) is 6.92 Å². The fourth-order valence-corrected chi connectivity index (χ4v) is 1.45. The first-order valence-corrected chi connectivity index (χ1v) is 5.28. The predicted molar refractivity (Wildman–Crippen MR) is 61.0 cm³/mol. The van der Waals surface area contributed by atoms with Crippen LogP contribution in [0.5, 0.6) is 5.75 Å². The topological polar surface area (TPSA) is 72.5 Å². The Hall–Kier alpha value is -1.39. The van der Waals surface area contributed by atoms with Crippen molar-refractivity contribution < 1.29 is 14.6 Å². The van der Waals surface area contributed by atoms with Crippen LogP contribution in [0.1, 0.15) is 31.4 Å². The Balaban J connectivity index is 2.69. The van der Waals surface area contributed by atoms with Crippen LogP contribution in [0, 0.1) is 0 Å². The molecule has 0 aromatic heterocycles. The average Bonchev–Trinajstić information content (AvgIpc) is 2.25. The van der Waals surface area contributed by atoms with Gasteiger partial charge in [-0.2, -0.15) is 0 Å². The number of ether oxygens (including phenoxy) is 1.